The Morgan fingerprint density at radius 2 is 1.26 bits per heavy atom. The van der Waals surface area contributed by atoms with Crippen LogP contribution in [0.2, 0.25) is 0 Å². The first kappa shape index (κ1) is 23.9. The van der Waals surface area contributed by atoms with Crippen LogP contribution in [-0.2, 0) is 14.8 Å². The summed E-state index contributed by atoms with van der Waals surface area (Å²) < 4.78 is 32.4. The Morgan fingerprint density at radius 1 is 0.706 bits per heavy atom. The second kappa shape index (κ2) is 10.8. The lowest BCUT2D eigenvalue weighted by Crippen LogP contribution is -2.31. The van der Waals surface area contributed by atoms with Gasteiger partial charge in [0.25, 0.3) is 0 Å². The maximum absolute atomic E-state index is 12.9. The van der Waals surface area contributed by atoms with Crippen molar-refractivity contribution in [3.8, 4) is 11.1 Å². The van der Waals surface area contributed by atoms with E-state index in [1.54, 1.807) is 12.1 Å². The molecule has 0 spiro atoms. The third-order valence-corrected chi connectivity index (χ3v) is 7.85. The van der Waals surface area contributed by atoms with Crippen molar-refractivity contribution in [3.63, 3.8) is 0 Å². The van der Waals surface area contributed by atoms with Gasteiger partial charge >= 0.3 is 5.97 Å². The van der Waals surface area contributed by atoms with Crippen molar-refractivity contribution in [2.45, 2.75) is 30.6 Å². The molecule has 1 aliphatic heterocycles. The first-order valence-corrected chi connectivity index (χ1v) is 12.9. The number of nitrogens with zero attached hydrogens (tertiary/aromatic N) is 1. The highest BCUT2D eigenvalue weighted by Crippen LogP contribution is 2.22. The number of carbonyl (C=O) groups excluding carboxylic acids is 2. The SMILES string of the molecule is O=C(COC(=O)c1ccc(S(=O)(=O)N2CCCCCC2)cc1)c1ccc(-c2ccccc2)cc1. The van der Waals surface area contributed by atoms with Crippen molar-refractivity contribution in [2.24, 2.45) is 0 Å². The predicted octanol–water partition coefficient (Wildman–Crippen LogP) is 4.96. The summed E-state index contributed by atoms with van der Waals surface area (Å²) in [6.45, 7) is 0.637. The Kier molecular flexibility index (Phi) is 7.55. The third-order valence-electron chi connectivity index (χ3n) is 5.94. The van der Waals surface area contributed by atoms with Crippen LogP contribution in [0.15, 0.2) is 83.8 Å². The van der Waals surface area contributed by atoms with Gasteiger partial charge < -0.3 is 4.74 Å². The molecule has 0 N–H and O–H groups in total. The second-order valence-electron chi connectivity index (χ2n) is 8.29. The molecule has 0 saturated carbocycles. The number of ether oxygens (including phenoxy) is 1. The Hall–Kier alpha value is -3.29. The first-order valence-electron chi connectivity index (χ1n) is 11.4. The smallest absolute Gasteiger partial charge is 0.338 e. The van der Waals surface area contributed by atoms with E-state index in [-0.39, 0.29) is 16.2 Å². The predicted molar refractivity (Wildman–Crippen MR) is 130 cm³/mol. The van der Waals surface area contributed by atoms with Crippen LogP contribution < -0.4 is 0 Å². The molecular formula is C27H27NO5S. The van der Waals surface area contributed by atoms with Crippen LogP contribution in [0.5, 0.6) is 0 Å². The van der Waals surface area contributed by atoms with Crippen LogP contribution >= 0.6 is 0 Å². The van der Waals surface area contributed by atoms with E-state index in [0.29, 0.717) is 18.7 Å². The van der Waals surface area contributed by atoms with Crippen LogP contribution in [0, 0.1) is 0 Å². The van der Waals surface area contributed by atoms with Crippen molar-refractivity contribution in [2.75, 3.05) is 19.7 Å². The van der Waals surface area contributed by atoms with Gasteiger partial charge in [-0.1, -0.05) is 67.4 Å². The molecule has 4 rings (SSSR count). The lowest BCUT2D eigenvalue weighted by molar-refractivity contribution is 0.0474. The average Bonchev–Trinajstić information content (AvgIpc) is 3.18. The lowest BCUT2D eigenvalue weighted by atomic mass is 10.0. The summed E-state index contributed by atoms with van der Waals surface area (Å²) in [5, 5.41) is 0. The molecule has 3 aromatic carbocycles. The highest BCUT2D eigenvalue weighted by Gasteiger charge is 2.25. The number of ketones is 1. The van der Waals surface area contributed by atoms with E-state index < -0.39 is 22.6 Å². The molecule has 0 aromatic heterocycles. The Balaban J connectivity index is 1.35. The fraction of sp³-hybridized carbons (Fsp3) is 0.259. The number of hydrogen-bond donors (Lipinski definition) is 0. The van der Waals surface area contributed by atoms with Crippen LogP contribution in [0.1, 0.15) is 46.4 Å². The van der Waals surface area contributed by atoms with Crippen LogP contribution in [0.3, 0.4) is 0 Å². The number of sulfonamides is 1. The number of esters is 1. The molecule has 0 atom stereocenters. The van der Waals surface area contributed by atoms with E-state index >= 15 is 0 Å². The topological polar surface area (TPSA) is 80.8 Å². The number of benzene rings is 3. The molecule has 6 nitrogen and oxygen atoms in total. The molecule has 1 fully saturated rings. The summed E-state index contributed by atoms with van der Waals surface area (Å²) in [5.41, 5.74) is 2.69. The van der Waals surface area contributed by atoms with Crippen molar-refractivity contribution >= 4 is 21.8 Å². The summed E-state index contributed by atoms with van der Waals surface area (Å²) in [6.07, 6.45) is 3.78. The van der Waals surface area contributed by atoms with Gasteiger partial charge in [0.2, 0.25) is 10.0 Å². The number of Topliss-reactive ketones (excluding diaryl/α,β-unsaturated/α-hetero) is 1. The maximum Gasteiger partial charge on any atom is 0.338 e. The van der Waals surface area contributed by atoms with Gasteiger partial charge in [0, 0.05) is 18.7 Å². The van der Waals surface area contributed by atoms with E-state index in [4.69, 9.17) is 4.74 Å². The minimum Gasteiger partial charge on any atom is -0.454 e. The van der Waals surface area contributed by atoms with Crippen LogP contribution in [0.4, 0.5) is 0 Å². The fourth-order valence-electron chi connectivity index (χ4n) is 3.97. The van der Waals surface area contributed by atoms with E-state index in [1.807, 2.05) is 42.5 Å². The number of hydrogen-bond acceptors (Lipinski definition) is 5. The lowest BCUT2D eigenvalue weighted by Gasteiger charge is -2.19. The minimum atomic E-state index is -3.59. The maximum atomic E-state index is 12.9. The van der Waals surface area contributed by atoms with E-state index in [0.717, 1.165) is 36.8 Å². The number of carbonyl (C=O) groups is 2. The first-order chi connectivity index (χ1) is 16.4. The summed E-state index contributed by atoms with van der Waals surface area (Å²) in [7, 11) is -3.59. The van der Waals surface area contributed by atoms with Gasteiger partial charge in [-0.2, -0.15) is 4.31 Å². The van der Waals surface area contributed by atoms with Gasteiger partial charge in [-0.25, -0.2) is 13.2 Å². The largest absolute Gasteiger partial charge is 0.454 e. The second-order valence-corrected chi connectivity index (χ2v) is 10.2. The third kappa shape index (κ3) is 5.61. The van der Waals surface area contributed by atoms with Gasteiger partial charge in [0.05, 0.1) is 10.5 Å². The normalized spacial score (nSPS) is 14.8. The van der Waals surface area contributed by atoms with Gasteiger partial charge in [0.15, 0.2) is 12.4 Å². The zero-order chi connectivity index (χ0) is 24.0. The molecule has 0 radical (unpaired) electrons. The van der Waals surface area contributed by atoms with Crippen molar-refractivity contribution in [1.29, 1.82) is 0 Å². The molecule has 0 bridgehead atoms. The van der Waals surface area contributed by atoms with Gasteiger partial charge in [-0.15, -0.1) is 0 Å². The summed E-state index contributed by atoms with van der Waals surface area (Å²) in [4.78, 5) is 25.0. The van der Waals surface area contributed by atoms with Gasteiger partial charge in [-0.05, 0) is 48.2 Å². The Labute approximate surface area is 200 Å². The van der Waals surface area contributed by atoms with Crippen LogP contribution in [0.25, 0.3) is 11.1 Å². The summed E-state index contributed by atoms with van der Waals surface area (Å²) in [6, 6.07) is 22.6. The summed E-state index contributed by atoms with van der Waals surface area (Å²) in [5.74, 6) is -0.985. The standard InChI is InChI=1S/C27H27NO5S/c29-26(23-12-10-22(11-13-23)21-8-4-3-5-9-21)20-33-27(30)24-14-16-25(17-15-24)34(31,32)28-18-6-1-2-7-19-28/h3-5,8-17H,1-2,6-7,18-20H2. The average molecular weight is 478 g/mol. The van der Waals surface area contributed by atoms with Crippen molar-refractivity contribution in [1.82, 2.24) is 4.31 Å². The molecule has 1 aliphatic rings. The Morgan fingerprint density at radius 3 is 1.88 bits per heavy atom. The molecule has 3 aromatic rings. The molecule has 1 saturated heterocycles. The molecule has 34 heavy (non-hydrogen) atoms. The molecular weight excluding hydrogens is 450 g/mol. The van der Waals surface area contributed by atoms with Crippen molar-refractivity contribution < 1.29 is 22.7 Å². The molecule has 0 amide bonds. The van der Waals surface area contributed by atoms with E-state index in [2.05, 4.69) is 0 Å². The molecule has 176 valence electrons. The van der Waals surface area contributed by atoms with Gasteiger partial charge in [-0.3, -0.25) is 4.79 Å². The zero-order valence-corrected chi connectivity index (χ0v) is 19.7. The molecule has 0 aliphatic carbocycles. The quantitative estimate of drug-likeness (QED) is 0.355. The number of rotatable bonds is 7. The fourth-order valence-corrected chi connectivity index (χ4v) is 5.49. The molecule has 1 heterocycles. The van der Waals surface area contributed by atoms with E-state index in [1.165, 1.54) is 28.6 Å². The highest BCUT2D eigenvalue weighted by molar-refractivity contribution is 7.89. The Bertz CT molecular complexity index is 1230. The minimum absolute atomic E-state index is 0.153. The van der Waals surface area contributed by atoms with E-state index in [9.17, 15) is 18.0 Å². The zero-order valence-electron chi connectivity index (χ0n) is 18.9. The van der Waals surface area contributed by atoms with Crippen molar-refractivity contribution in [3.05, 3.63) is 90.0 Å². The molecule has 0 unspecified atom stereocenters. The monoisotopic (exact) mass is 477 g/mol. The summed E-state index contributed by atoms with van der Waals surface area (Å²) >= 11 is 0. The molecule has 7 heteroatoms. The highest BCUT2D eigenvalue weighted by atomic mass is 32.2. The van der Waals surface area contributed by atoms with Crippen LogP contribution in [-0.4, -0.2) is 44.2 Å². The van der Waals surface area contributed by atoms with Gasteiger partial charge in [0.1, 0.15) is 0 Å².